The van der Waals surface area contributed by atoms with Crippen LogP contribution in [0.2, 0.25) is 0 Å². The van der Waals surface area contributed by atoms with Crippen LogP contribution in [0.25, 0.3) is 0 Å². The highest BCUT2D eigenvalue weighted by Gasteiger charge is 2.57. The molecule has 0 bridgehead atoms. The van der Waals surface area contributed by atoms with E-state index in [4.69, 9.17) is 9.47 Å². The Hall–Kier alpha value is -1.54. The van der Waals surface area contributed by atoms with Crippen LogP contribution in [0.15, 0.2) is 29.3 Å². The number of alkyl halides is 6. The van der Waals surface area contributed by atoms with Crippen molar-refractivity contribution in [1.29, 1.82) is 0 Å². The Kier molecular flexibility index (Phi) is 6.82. The number of benzene rings is 1. The van der Waals surface area contributed by atoms with E-state index in [2.05, 4.69) is 4.99 Å². The maximum atomic E-state index is 13.7. The minimum Gasteiger partial charge on any atom is -0.388 e. The number of nitrogens with zero attached hydrogens (tertiary/aromatic N) is 2. The second-order valence-electron chi connectivity index (χ2n) is 7.29. The molecule has 13 heteroatoms. The van der Waals surface area contributed by atoms with Gasteiger partial charge in [0, 0.05) is 14.1 Å². The van der Waals surface area contributed by atoms with Crippen molar-refractivity contribution in [2.75, 3.05) is 14.1 Å². The molecule has 2 heterocycles. The maximum absolute atomic E-state index is 13.7. The summed E-state index contributed by atoms with van der Waals surface area (Å²) in [7, 11) is 3.28. The zero-order valence-electron chi connectivity index (χ0n) is 16.3. The molecular weight excluding hydrogens is 454 g/mol. The van der Waals surface area contributed by atoms with Crippen molar-refractivity contribution in [3.63, 3.8) is 0 Å². The molecule has 0 radical (unpaired) electrons. The smallest absolute Gasteiger partial charge is 0.388 e. The number of aliphatic imine (C=N–C) groups is 1. The van der Waals surface area contributed by atoms with Crippen LogP contribution in [-0.4, -0.2) is 76.4 Å². The van der Waals surface area contributed by atoms with Crippen LogP contribution in [0, 0.1) is 0 Å². The second kappa shape index (κ2) is 8.77. The first-order valence-corrected chi connectivity index (χ1v) is 9.95. The number of aliphatic hydroxyl groups is 2. The third-order valence-electron chi connectivity index (χ3n) is 4.83. The van der Waals surface area contributed by atoms with Crippen molar-refractivity contribution in [2.24, 2.45) is 4.99 Å². The number of rotatable bonds is 4. The average Bonchev–Trinajstić information content (AvgIpc) is 3.09. The Morgan fingerprint density at radius 3 is 2.35 bits per heavy atom. The van der Waals surface area contributed by atoms with Gasteiger partial charge in [-0.1, -0.05) is 30.0 Å². The minimum atomic E-state index is -5.08. The Bertz CT molecular complexity index is 819. The summed E-state index contributed by atoms with van der Waals surface area (Å²) >= 11 is 0.971. The molecule has 0 amide bonds. The SMILES string of the molecule is CN(C)C1=NC2C(OC(C(OCc3ccccc3C(F)(F)F)C(F)(F)F)C(O)C2O)S1. The molecular formula is C18H20F6N2O4S. The highest BCUT2D eigenvalue weighted by molar-refractivity contribution is 8.14. The van der Waals surface area contributed by atoms with Crippen molar-refractivity contribution in [2.45, 2.75) is 54.9 Å². The van der Waals surface area contributed by atoms with E-state index in [1.165, 1.54) is 6.07 Å². The van der Waals surface area contributed by atoms with Crippen LogP contribution >= 0.6 is 11.8 Å². The predicted molar refractivity (Wildman–Crippen MR) is 99.3 cm³/mol. The lowest BCUT2D eigenvalue weighted by Crippen LogP contribution is -2.61. The van der Waals surface area contributed by atoms with E-state index in [0.29, 0.717) is 5.17 Å². The molecule has 31 heavy (non-hydrogen) atoms. The quantitative estimate of drug-likeness (QED) is 0.654. The Labute approximate surface area is 177 Å². The molecule has 1 aromatic rings. The largest absolute Gasteiger partial charge is 0.417 e. The summed E-state index contributed by atoms with van der Waals surface area (Å²) in [5, 5.41) is 21.0. The fraction of sp³-hybridized carbons (Fsp3) is 0.611. The van der Waals surface area contributed by atoms with Gasteiger partial charge in [-0.05, 0) is 11.6 Å². The van der Waals surface area contributed by atoms with E-state index in [9.17, 15) is 36.6 Å². The van der Waals surface area contributed by atoms with E-state index >= 15 is 0 Å². The number of fused-ring (bicyclic) bond motifs is 1. The molecule has 6 unspecified atom stereocenters. The number of amidine groups is 1. The van der Waals surface area contributed by atoms with E-state index < -0.39 is 66.0 Å². The number of halogens is 6. The monoisotopic (exact) mass is 474 g/mol. The van der Waals surface area contributed by atoms with Gasteiger partial charge in [-0.2, -0.15) is 26.3 Å². The summed E-state index contributed by atoms with van der Waals surface area (Å²) in [6.07, 6.45) is -18.4. The summed E-state index contributed by atoms with van der Waals surface area (Å²) < 4.78 is 90.8. The lowest BCUT2D eigenvalue weighted by Gasteiger charge is -2.41. The van der Waals surface area contributed by atoms with Gasteiger partial charge in [-0.25, -0.2) is 0 Å². The zero-order chi connectivity index (χ0) is 23.1. The van der Waals surface area contributed by atoms with Gasteiger partial charge in [-0.15, -0.1) is 0 Å². The Morgan fingerprint density at radius 1 is 1.13 bits per heavy atom. The normalized spacial score (nSPS) is 30.0. The van der Waals surface area contributed by atoms with E-state index in [1.807, 2.05) is 0 Å². The summed E-state index contributed by atoms with van der Waals surface area (Å²) in [5.41, 5.74) is -2.64. The third kappa shape index (κ3) is 5.11. The van der Waals surface area contributed by atoms with E-state index in [1.54, 1.807) is 19.0 Å². The molecule has 2 aliphatic rings. The molecule has 0 spiro atoms. The van der Waals surface area contributed by atoms with E-state index in [0.717, 1.165) is 30.0 Å². The molecule has 1 fully saturated rings. The lowest BCUT2D eigenvalue weighted by atomic mass is 9.94. The van der Waals surface area contributed by atoms with Gasteiger partial charge in [0.25, 0.3) is 0 Å². The van der Waals surface area contributed by atoms with Crippen molar-refractivity contribution >= 4 is 16.9 Å². The number of aliphatic hydroxyl groups excluding tert-OH is 2. The van der Waals surface area contributed by atoms with Crippen LogP contribution in [0.4, 0.5) is 26.3 Å². The average molecular weight is 474 g/mol. The van der Waals surface area contributed by atoms with Crippen molar-refractivity contribution < 1.29 is 46.0 Å². The molecule has 3 rings (SSSR count). The highest BCUT2D eigenvalue weighted by Crippen LogP contribution is 2.41. The van der Waals surface area contributed by atoms with Gasteiger partial charge < -0.3 is 24.6 Å². The van der Waals surface area contributed by atoms with Gasteiger partial charge in [0.1, 0.15) is 29.8 Å². The van der Waals surface area contributed by atoms with Crippen LogP contribution in [0.5, 0.6) is 0 Å². The number of thioether (sulfide) groups is 1. The summed E-state index contributed by atoms with van der Waals surface area (Å²) in [4.78, 5) is 5.73. The molecule has 2 aliphatic heterocycles. The molecule has 0 saturated carbocycles. The van der Waals surface area contributed by atoms with Gasteiger partial charge in [-0.3, -0.25) is 4.99 Å². The van der Waals surface area contributed by atoms with Crippen molar-refractivity contribution in [1.82, 2.24) is 4.90 Å². The van der Waals surface area contributed by atoms with Crippen LogP contribution < -0.4 is 0 Å². The van der Waals surface area contributed by atoms with Crippen LogP contribution in [0.3, 0.4) is 0 Å². The topological polar surface area (TPSA) is 74.5 Å². The number of ether oxygens (including phenoxy) is 2. The first-order chi connectivity index (χ1) is 14.3. The Morgan fingerprint density at radius 2 is 1.77 bits per heavy atom. The summed E-state index contributed by atoms with van der Waals surface area (Å²) in [5.74, 6) is 0. The van der Waals surface area contributed by atoms with Crippen molar-refractivity contribution in [3.8, 4) is 0 Å². The third-order valence-corrected chi connectivity index (χ3v) is 6.14. The molecule has 6 nitrogen and oxygen atoms in total. The van der Waals surface area contributed by atoms with Crippen LogP contribution in [-0.2, 0) is 22.3 Å². The zero-order valence-corrected chi connectivity index (χ0v) is 17.1. The number of hydrogen-bond donors (Lipinski definition) is 2. The fourth-order valence-electron chi connectivity index (χ4n) is 3.32. The fourth-order valence-corrected chi connectivity index (χ4v) is 4.47. The lowest BCUT2D eigenvalue weighted by molar-refractivity contribution is -0.287. The highest BCUT2D eigenvalue weighted by atomic mass is 32.2. The van der Waals surface area contributed by atoms with Gasteiger partial charge in [0.2, 0.25) is 0 Å². The van der Waals surface area contributed by atoms with Crippen molar-refractivity contribution in [3.05, 3.63) is 35.4 Å². The summed E-state index contributed by atoms with van der Waals surface area (Å²) in [6, 6.07) is 3.10. The molecule has 0 aromatic heterocycles. The Balaban J connectivity index is 1.82. The van der Waals surface area contributed by atoms with Gasteiger partial charge in [0.05, 0.1) is 12.2 Å². The first kappa shape index (κ1) is 24.1. The molecule has 6 atom stereocenters. The number of hydrogen-bond acceptors (Lipinski definition) is 7. The minimum absolute atomic E-state index is 0.394. The van der Waals surface area contributed by atoms with Crippen LogP contribution in [0.1, 0.15) is 11.1 Å². The maximum Gasteiger partial charge on any atom is 0.417 e. The molecule has 0 aliphatic carbocycles. The molecule has 1 aromatic carbocycles. The molecule has 2 N–H and O–H groups in total. The van der Waals surface area contributed by atoms with Gasteiger partial charge >= 0.3 is 12.4 Å². The summed E-state index contributed by atoms with van der Waals surface area (Å²) in [6.45, 7) is -1.02. The van der Waals surface area contributed by atoms with E-state index in [-0.39, 0.29) is 0 Å². The second-order valence-corrected chi connectivity index (χ2v) is 8.36. The molecule has 1 saturated heterocycles. The molecule has 174 valence electrons. The standard InChI is InChI=1S/C18H20F6N2O4S/c1-26(2)16-25-10-11(27)12(28)13(30-15(10)31-16)14(18(22,23)24)29-7-8-5-3-4-6-9(8)17(19,20)21/h3-6,10-15,27-28H,7H2,1-2H3. The first-order valence-electron chi connectivity index (χ1n) is 9.07. The predicted octanol–water partition coefficient (Wildman–Crippen LogP) is 2.63. The van der Waals surface area contributed by atoms with Gasteiger partial charge in [0.15, 0.2) is 11.3 Å².